The molecule has 4 rings (SSSR count). The molecule has 0 saturated heterocycles. The summed E-state index contributed by atoms with van der Waals surface area (Å²) < 4.78 is 5.11. The van der Waals surface area contributed by atoms with Crippen LogP contribution in [0.1, 0.15) is 39.1 Å². The topological polar surface area (TPSA) is 46.0 Å². The van der Waals surface area contributed by atoms with Gasteiger partial charge in [0, 0.05) is 9.75 Å². The van der Waals surface area contributed by atoms with Gasteiger partial charge in [0.15, 0.2) is 5.58 Å². The van der Waals surface area contributed by atoms with E-state index < -0.39 is 5.76 Å². The molecule has 108 valence electrons. The van der Waals surface area contributed by atoms with Gasteiger partial charge >= 0.3 is 5.76 Å². The predicted octanol–water partition coefficient (Wildman–Crippen LogP) is 4.39. The second-order valence-corrected chi connectivity index (χ2v) is 7.04. The van der Waals surface area contributed by atoms with Crippen molar-refractivity contribution in [2.45, 2.75) is 31.1 Å². The van der Waals surface area contributed by atoms with E-state index >= 15 is 0 Å². The quantitative estimate of drug-likeness (QED) is 0.712. The van der Waals surface area contributed by atoms with Gasteiger partial charge in [0.05, 0.1) is 10.9 Å². The van der Waals surface area contributed by atoms with Crippen molar-refractivity contribution in [3.63, 3.8) is 0 Å². The Bertz CT molecular complexity index is 837. The number of benzene rings is 1. The lowest BCUT2D eigenvalue weighted by atomic mass is 9.98. The highest BCUT2D eigenvalue weighted by atomic mass is 35.5. The molecule has 0 bridgehead atoms. The highest BCUT2D eigenvalue weighted by Crippen LogP contribution is 2.38. The molecule has 1 aliphatic carbocycles. The van der Waals surface area contributed by atoms with E-state index in [1.54, 1.807) is 0 Å². The van der Waals surface area contributed by atoms with E-state index in [0.29, 0.717) is 11.1 Å². The number of nitrogens with one attached hydrogen (secondary N) is 1. The smallest absolute Gasteiger partial charge is 0.408 e. The number of oxazole rings is 1. The number of halogens is 1. The van der Waals surface area contributed by atoms with Gasteiger partial charge in [-0.15, -0.1) is 22.9 Å². The summed E-state index contributed by atoms with van der Waals surface area (Å²) in [6.07, 6.45) is 4.90. The Morgan fingerprint density at radius 2 is 2.10 bits per heavy atom. The van der Waals surface area contributed by atoms with Gasteiger partial charge in [0.2, 0.25) is 0 Å². The molecule has 1 aliphatic rings. The number of fused-ring (bicyclic) bond motifs is 2. The summed E-state index contributed by atoms with van der Waals surface area (Å²) in [5.41, 5.74) is 3.69. The Labute approximate surface area is 130 Å². The average molecular weight is 320 g/mol. The zero-order valence-electron chi connectivity index (χ0n) is 11.3. The van der Waals surface area contributed by atoms with Crippen LogP contribution in [0.5, 0.6) is 0 Å². The fourth-order valence-corrected chi connectivity index (χ4v) is 4.52. The summed E-state index contributed by atoms with van der Waals surface area (Å²) in [5.74, 6) is -0.431. The molecule has 3 nitrogen and oxygen atoms in total. The van der Waals surface area contributed by atoms with Crippen molar-refractivity contribution in [2.75, 3.05) is 0 Å². The molecule has 2 aromatic heterocycles. The normalized spacial score (nSPS) is 16.0. The number of rotatable bonds is 2. The van der Waals surface area contributed by atoms with E-state index in [1.807, 2.05) is 29.5 Å². The number of alkyl halides is 1. The van der Waals surface area contributed by atoms with E-state index in [1.165, 1.54) is 41.0 Å². The van der Waals surface area contributed by atoms with Crippen molar-refractivity contribution in [3.8, 4) is 0 Å². The molecule has 0 fully saturated rings. The maximum absolute atomic E-state index is 11.2. The first kappa shape index (κ1) is 13.2. The molecule has 0 aliphatic heterocycles. The maximum Gasteiger partial charge on any atom is 0.417 e. The molecule has 0 saturated carbocycles. The van der Waals surface area contributed by atoms with Crippen LogP contribution < -0.4 is 5.76 Å². The van der Waals surface area contributed by atoms with Crippen LogP contribution in [0.15, 0.2) is 33.5 Å². The number of thiophene rings is 1. The van der Waals surface area contributed by atoms with Crippen LogP contribution in [0.2, 0.25) is 0 Å². The molecule has 1 N–H and O–H groups in total. The van der Waals surface area contributed by atoms with Gasteiger partial charge < -0.3 is 4.42 Å². The number of aromatic amines is 1. The van der Waals surface area contributed by atoms with Crippen molar-refractivity contribution in [1.82, 2.24) is 4.98 Å². The lowest BCUT2D eigenvalue weighted by Crippen LogP contribution is -1.96. The fourth-order valence-electron chi connectivity index (χ4n) is 2.92. The first-order chi connectivity index (χ1) is 10.2. The van der Waals surface area contributed by atoms with Crippen LogP contribution in [-0.2, 0) is 12.8 Å². The molecule has 1 aromatic carbocycles. The van der Waals surface area contributed by atoms with Crippen molar-refractivity contribution in [2.24, 2.45) is 0 Å². The molecule has 3 aromatic rings. The average Bonchev–Trinajstić information content (AvgIpc) is 3.07. The summed E-state index contributed by atoms with van der Waals surface area (Å²) in [6.45, 7) is 0. The largest absolute Gasteiger partial charge is 0.417 e. The lowest BCUT2D eigenvalue weighted by molar-refractivity contribution is 0.555. The van der Waals surface area contributed by atoms with Crippen molar-refractivity contribution < 1.29 is 4.42 Å². The molecular weight excluding hydrogens is 306 g/mol. The molecule has 21 heavy (non-hydrogen) atoms. The van der Waals surface area contributed by atoms with Crippen LogP contribution >= 0.6 is 22.9 Å². The monoisotopic (exact) mass is 319 g/mol. The Balaban J connectivity index is 1.73. The third-order valence-corrected chi connectivity index (χ3v) is 5.92. The van der Waals surface area contributed by atoms with Crippen LogP contribution in [-0.4, -0.2) is 4.98 Å². The maximum atomic E-state index is 11.2. The van der Waals surface area contributed by atoms with E-state index in [9.17, 15) is 4.79 Å². The summed E-state index contributed by atoms with van der Waals surface area (Å²) in [6, 6.07) is 7.89. The first-order valence-corrected chi connectivity index (χ1v) is 8.34. The minimum atomic E-state index is -0.431. The minimum Gasteiger partial charge on any atom is -0.408 e. The molecule has 1 atom stereocenters. The second kappa shape index (κ2) is 5.04. The van der Waals surface area contributed by atoms with Gasteiger partial charge in [-0.1, -0.05) is 6.07 Å². The predicted molar refractivity (Wildman–Crippen MR) is 85.5 cm³/mol. The summed E-state index contributed by atoms with van der Waals surface area (Å²) in [5, 5.41) is -0.190. The van der Waals surface area contributed by atoms with E-state index in [0.717, 1.165) is 5.56 Å². The molecule has 0 spiro atoms. The van der Waals surface area contributed by atoms with Gasteiger partial charge in [-0.05, 0) is 55.0 Å². The number of hydrogen-bond acceptors (Lipinski definition) is 3. The number of aromatic nitrogens is 1. The fraction of sp³-hybridized carbons (Fsp3) is 0.312. The van der Waals surface area contributed by atoms with E-state index in [2.05, 4.69) is 11.1 Å². The van der Waals surface area contributed by atoms with Crippen molar-refractivity contribution in [1.29, 1.82) is 0 Å². The number of H-pyrrole nitrogens is 1. The first-order valence-electron chi connectivity index (χ1n) is 7.09. The van der Waals surface area contributed by atoms with Gasteiger partial charge in [0.25, 0.3) is 0 Å². The summed E-state index contributed by atoms with van der Waals surface area (Å²) in [4.78, 5) is 16.5. The van der Waals surface area contributed by atoms with Crippen LogP contribution in [0.4, 0.5) is 0 Å². The van der Waals surface area contributed by atoms with Crippen molar-refractivity contribution in [3.05, 3.63) is 55.7 Å². The number of hydrogen-bond donors (Lipinski definition) is 1. The summed E-state index contributed by atoms with van der Waals surface area (Å²) >= 11 is 8.46. The third kappa shape index (κ3) is 2.32. The zero-order chi connectivity index (χ0) is 14.4. The Hall–Kier alpha value is -1.52. The Morgan fingerprint density at radius 1 is 1.24 bits per heavy atom. The minimum absolute atomic E-state index is 0.190. The zero-order valence-corrected chi connectivity index (χ0v) is 12.9. The molecule has 5 heteroatoms. The molecular formula is C16H14ClNO2S. The van der Waals surface area contributed by atoms with Crippen LogP contribution in [0.25, 0.3) is 11.1 Å². The van der Waals surface area contributed by atoms with Crippen molar-refractivity contribution >= 4 is 34.0 Å². The summed E-state index contributed by atoms with van der Waals surface area (Å²) in [7, 11) is 0. The molecule has 0 radical (unpaired) electrons. The SMILES string of the molecule is O=c1[nH]c2ccc(C(Cl)c3cc4c(s3)CCCC4)cc2o1. The van der Waals surface area contributed by atoms with E-state index in [4.69, 9.17) is 16.0 Å². The highest BCUT2D eigenvalue weighted by Gasteiger charge is 2.19. The number of aryl methyl sites for hydroxylation is 2. The second-order valence-electron chi connectivity index (χ2n) is 5.44. The van der Waals surface area contributed by atoms with E-state index in [-0.39, 0.29) is 5.38 Å². The standard InChI is InChI=1S/C16H14ClNO2S/c17-15(14-8-9-3-1-2-4-13(9)21-14)10-5-6-11-12(7-10)20-16(19)18-11/h5-8,15H,1-4H2,(H,18,19). The lowest BCUT2D eigenvalue weighted by Gasteiger charge is -2.08. The Kier molecular flexibility index (Phi) is 3.16. The van der Waals surface area contributed by atoms with Crippen LogP contribution in [0.3, 0.4) is 0 Å². The third-order valence-electron chi connectivity index (χ3n) is 4.00. The van der Waals surface area contributed by atoms with Gasteiger partial charge in [-0.3, -0.25) is 4.98 Å². The highest BCUT2D eigenvalue weighted by molar-refractivity contribution is 7.12. The molecule has 2 heterocycles. The molecule has 1 unspecified atom stereocenters. The van der Waals surface area contributed by atoms with Crippen LogP contribution in [0, 0.1) is 0 Å². The van der Waals surface area contributed by atoms with Gasteiger partial charge in [-0.2, -0.15) is 0 Å². The Morgan fingerprint density at radius 3 is 2.95 bits per heavy atom. The van der Waals surface area contributed by atoms with Gasteiger partial charge in [0.1, 0.15) is 0 Å². The molecule has 0 amide bonds. The van der Waals surface area contributed by atoms with Gasteiger partial charge in [-0.25, -0.2) is 4.79 Å².